The van der Waals surface area contributed by atoms with Gasteiger partial charge in [-0.3, -0.25) is 4.79 Å². The maximum absolute atomic E-state index is 12.0. The van der Waals surface area contributed by atoms with Crippen LogP contribution >= 0.6 is 0 Å². The van der Waals surface area contributed by atoms with E-state index in [1.807, 2.05) is 17.1 Å². The van der Waals surface area contributed by atoms with E-state index in [0.717, 1.165) is 6.42 Å². The zero-order valence-electron chi connectivity index (χ0n) is 13.4. The fourth-order valence-corrected chi connectivity index (χ4v) is 2.19. The molecule has 0 N–H and O–H groups in total. The molecule has 2 heteroatoms. The fraction of sp³-hybridized carbons (Fsp3) is 0.706. The molecule has 0 bridgehead atoms. The van der Waals surface area contributed by atoms with E-state index in [-0.39, 0.29) is 18.0 Å². The number of unbranched alkanes of at least 4 members (excludes halogenated alkanes) is 4. The molecule has 0 aliphatic rings. The van der Waals surface area contributed by atoms with Crippen molar-refractivity contribution in [1.29, 1.82) is 0 Å². The highest BCUT2D eigenvalue weighted by Crippen LogP contribution is 2.06. The van der Waals surface area contributed by atoms with Crippen molar-refractivity contribution in [2.24, 2.45) is 0 Å². The lowest BCUT2D eigenvalue weighted by Gasteiger charge is -2.29. The lowest BCUT2D eigenvalue weighted by atomic mass is 10.1. The molecule has 1 amide bonds. The van der Waals surface area contributed by atoms with Crippen LogP contribution in [-0.4, -0.2) is 22.9 Å². The van der Waals surface area contributed by atoms with Crippen molar-refractivity contribution in [3.8, 4) is 0 Å². The van der Waals surface area contributed by atoms with Gasteiger partial charge in [0, 0.05) is 18.2 Å². The third-order valence-corrected chi connectivity index (χ3v) is 3.08. The first-order chi connectivity index (χ1) is 9.00. The summed E-state index contributed by atoms with van der Waals surface area (Å²) in [6.07, 6.45) is 13.9. The van der Waals surface area contributed by atoms with Crippen LogP contribution in [0.1, 0.15) is 66.7 Å². The molecule has 0 unspecified atom stereocenters. The molecule has 0 saturated carbocycles. The van der Waals surface area contributed by atoms with Crippen molar-refractivity contribution in [3.63, 3.8) is 0 Å². The predicted molar refractivity (Wildman–Crippen MR) is 84.2 cm³/mol. The maximum atomic E-state index is 12.0. The summed E-state index contributed by atoms with van der Waals surface area (Å²) >= 11 is 0. The van der Waals surface area contributed by atoms with Crippen LogP contribution in [0, 0.1) is 0 Å². The van der Waals surface area contributed by atoms with Gasteiger partial charge >= 0.3 is 0 Å². The van der Waals surface area contributed by atoms with Gasteiger partial charge in [-0.1, -0.05) is 44.4 Å². The molecule has 0 aliphatic carbocycles. The Kier molecular flexibility index (Phi) is 10.2. The molecule has 0 aromatic rings. The smallest absolute Gasteiger partial charge is 0.247 e. The van der Waals surface area contributed by atoms with Crippen LogP contribution in [0.4, 0.5) is 0 Å². The second kappa shape index (κ2) is 10.8. The number of carbonyl (C=O) groups is 1. The van der Waals surface area contributed by atoms with E-state index in [2.05, 4.69) is 40.7 Å². The van der Waals surface area contributed by atoms with Gasteiger partial charge in [0.2, 0.25) is 5.91 Å². The highest BCUT2D eigenvalue weighted by Gasteiger charge is 2.16. The van der Waals surface area contributed by atoms with E-state index in [1.54, 1.807) is 6.08 Å². The van der Waals surface area contributed by atoms with Gasteiger partial charge in [-0.25, -0.2) is 0 Å². The van der Waals surface area contributed by atoms with Crippen LogP contribution in [0.2, 0.25) is 0 Å². The van der Waals surface area contributed by atoms with E-state index >= 15 is 0 Å². The van der Waals surface area contributed by atoms with E-state index < -0.39 is 0 Å². The molecular weight excluding hydrogens is 234 g/mol. The Bertz CT molecular complexity index is 282. The Balaban J connectivity index is 4.04. The standard InChI is InChI=1S/C17H31NO/c1-6-7-8-9-10-11-12-13-14-17(19)18(15(2)3)16(4)5/h11-16H,6-10H2,1-5H3/b12-11+,14-13+. The van der Waals surface area contributed by atoms with Crippen LogP contribution in [0.25, 0.3) is 0 Å². The Hall–Kier alpha value is -1.05. The lowest BCUT2D eigenvalue weighted by molar-refractivity contribution is -0.129. The second-order valence-corrected chi connectivity index (χ2v) is 5.57. The van der Waals surface area contributed by atoms with Gasteiger partial charge in [-0.15, -0.1) is 0 Å². The largest absolute Gasteiger partial charge is 0.334 e. The summed E-state index contributed by atoms with van der Waals surface area (Å²) in [6.45, 7) is 10.4. The van der Waals surface area contributed by atoms with Crippen LogP contribution in [0.15, 0.2) is 24.3 Å². The minimum Gasteiger partial charge on any atom is -0.334 e. The third-order valence-electron chi connectivity index (χ3n) is 3.08. The topological polar surface area (TPSA) is 20.3 Å². The molecule has 0 aromatic heterocycles. The summed E-state index contributed by atoms with van der Waals surface area (Å²) in [5.74, 6) is 0.0978. The van der Waals surface area contributed by atoms with Crippen LogP contribution in [-0.2, 0) is 4.79 Å². The Labute approximate surface area is 119 Å². The fourth-order valence-electron chi connectivity index (χ4n) is 2.19. The van der Waals surface area contributed by atoms with Crippen molar-refractivity contribution >= 4 is 5.91 Å². The Morgan fingerprint density at radius 2 is 1.63 bits per heavy atom. The van der Waals surface area contributed by atoms with E-state index in [1.165, 1.54) is 25.7 Å². The molecule has 19 heavy (non-hydrogen) atoms. The monoisotopic (exact) mass is 265 g/mol. The zero-order valence-corrected chi connectivity index (χ0v) is 13.4. The lowest BCUT2D eigenvalue weighted by Crippen LogP contribution is -2.41. The second-order valence-electron chi connectivity index (χ2n) is 5.57. The number of hydrogen-bond acceptors (Lipinski definition) is 1. The normalized spacial score (nSPS) is 12.2. The number of carbonyl (C=O) groups excluding carboxylic acids is 1. The molecule has 0 aliphatic heterocycles. The summed E-state index contributed by atoms with van der Waals surface area (Å²) in [6, 6.07) is 0.491. The predicted octanol–water partition coefficient (Wildman–Crippen LogP) is 4.71. The highest BCUT2D eigenvalue weighted by atomic mass is 16.2. The summed E-state index contributed by atoms with van der Waals surface area (Å²) in [7, 11) is 0. The van der Waals surface area contributed by atoms with Gasteiger partial charge in [0.1, 0.15) is 0 Å². The first-order valence-corrected chi connectivity index (χ1v) is 7.66. The molecule has 0 rings (SSSR count). The molecule has 0 fully saturated rings. The van der Waals surface area contributed by atoms with Crippen LogP contribution in [0.3, 0.4) is 0 Å². The van der Waals surface area contributed by atoms with Crippen molar-refractivity contribution < 1.29 is 4.79 Å². The summed E-state index contributed by atoms with van der Waals surface area (Å²) in [5.41, 5.74) is 0. The SMILES string of the molecule is CCCCCC/C=C/C=C/C(=O)N(C(C)C)C(C)C. The number of rotatable bonds is 9. The van der Waals surface area contributed by atoms with Gasteiger partial charge in [0.25, 0.3) is 0 Å². The molecule has 2 nitrogen and oxygen atoms in total. The molecular formula is C17H31NO. The van der Waals surface area contributed by atoms with Gasteiger partial charge in [0.05, 0.1) is 0 Å². The minimum atomic E-state index is 0.0978. The van der Waals surface area contributed by atoms with Crippen molar-refractivity contribution in [2.75, 3.05) is 0 Å². The first kappa shape index (κ1) is 17.9. The molecule has 0 aromatic carbocycles. The molecule has 0 radical (unpaired) electrons. The van der Waals surface area contributed by atoms with Crippen molar-refractivity contribution in [1.82, 2.24) is 4.90 Å². The number of nitrogens with zero attached hydrogens (tertiary/aromatic N) is 1. The molecule has 0 spiro atoms. The maximum Gasteiger partial charge on any atom is 0.247 e. The molecule has 110 valence electrons. The third kappa shape index (κ3) is 8.63. The van der Waals surface area contributed by atoms with E-state index in [4.69, 9.17) is 0 Å². The van der Waals surface area contributed by atoms with Gasteiger partial charge in [0.15, 0.2) is 0 Å². The van der Waals surface area contributed by atoms with E-state index in [9.17, 15) is 4.79 Å². The highest BCUT2D eigenvalue weighted by molar-refractivity contribution is 5.88. The average Bonchev–Trinajstić information content (AvgIpc) is 2.31. The number of allylic oxidation sites excluding steroid dienone is 3. The summed E-state index contributed by atoms with van der Waals surface area (Å²) in [5, 5.41) is 0. The molecule has 0 heterocycles. The van der Waals surface area contributed by atoms with Crippen molar-refractivity contribution in [3.05, 3.63) is 24.3 Å². The van der Waals surface area contributed by atoms with Gasteiger partial charge < -0.3 is 4.90 Å². The van der Waals surface area contributed by atoms with E-state index in [0.29, 0.717) is 0 Å². The molecule has 0 saturated heterocycles. The van der Waals surface area contributed by atoms with Gasteiger partial charge in [-0.05, 0) is 40.5 Å². The molecule has 0 atom stereocenters. The van der Waals surface area contributed by atoms with Crippen LogP contribution < -0.4 is 0 Å². The van der Waals surface area contributed by atoms with Crippen LogP contribution in [0.5, 0.6) is 0 Å². The minimum absolute atomic E-state index is 0.0978. The average molecular weight is 265 g/mol. The van der Waals surface area contributed by atoms with Crippen molar-refractivity contribution in [2.45, 2.75) is 78.8 Å². The summed E-state index contributed by atoms with van der Waals surface area (Å²) in [4.78, 5) is 13.9. The Morgan fingerprint density at radius 1 is 1.00 bits per heavy atom. The summed E-state index contributed by atoms with van der Waals surface area (Å²) < 4.78 is 0. The zero-order chi connectivity index (χ0) is 14.7. The first-order valence-electron chi connectivity index (χ1n) is 7.66. The Morgan fingerprint density at radius 3 is 2.16 bits per heavy atom. The number of hydrogen-bond donors (Lipinski definition) is 0. The number of amides is 1. The van der Waals surface area contributed by atoms with Gasteiger partial charge in [-0.2, -0.15) is 0 Å². The quantitative estimate of drug-likeness (QED) is 0.336.